The number of nitrogens with zero attached hydrogens (tertiary/aromatic N) is 2. The second-order valence-corrected chi connectivity index (χ2v) is 8.51. The molecule has 0 spiro atoms. The van der Waals surface area contributed by atoms with Crippen LogP contribution in [0.2, 0.25) is 5.02 Å². The van der Waals surface area contributed by atoms with Crippen LogP contribution in [0.5, 0.6) is 0 Å². The van der Waals surface area contributed by atoms with E-state index in [1.54, 1.807) is 11.0 Å². The van der Waals surface area contributed by atoms with E-state index in [1.165, 1.54) is 0 Å². The second-order valence-electron chi connectivity index (χ2n) is 8.10. The predicted octanol–water partition coefficient (Wildman–Crippen LogP) is 2.44. The van der Waals surface area contributed by atoms with Crippen LogP contribution < -0.4 is 10.6 Å². The molecule has 1 aromatic carbocycles. The lowest BCUT2D eigenvalue weighted by molar-refractivity contribution is -0.145. The Hall–Kier alpha value is -1.63. The summed E-state index contributed by atoms with van der Waals surface area (Å²) in [7, 11) is 0. The van der Waals surface area contributed by atoms with E-state index in [1.807, 2.05) is 25.1 Å². The van der Waals surface area contributed by atoms with Gasteiger partial charge in [-0.2, -0.15) is 0 Å². The zero-order valence-electron chi connectivity index (χ0n) is 16.2. The quantitative estimate of drug-likeness (QED) is 0.777. The highest BCUT2D eigenvalue weighted by Gasteiger charge is 2.42. The molecule has 0 bridgehead atoms. The van der Waals surface area contributed by atoms with Crippen molar-refractivity contribution in [1.82, 2.24) is 4.90 Å². The normalized spacial score (nSPS) is 26.9. The first-order chi connectivity index (χ1) is 12.7. The van der Waals surface area contributed by atoms with Crippen molar-refractivity contribution in [3.63, 3.8) is 0 Å². The molecule has 2 N–H and O–H groups in total. The maximum atomic E-state index is 12.8. The zero-order chi connectivity index (χ0) is 19.8. The minimum absolute atomic E-state index is 0.00974. The number of piperazine rings is 1. The minimum Gasteiger partial charge on any atom is -0.460 e. The van der Waals surface area contributed by atoms with E-state index in [9.17, 15) is 9.59 Å². The number of rotatable bonds is 5. The SMILES string of the molecule is CC[C@@H]1C[C@@H](C(N)CN2CC(=O)N(c3ccccc3Cl)CC2(C)C)OC1=O. The average Bonchev–Trinajstić information content (AvgIpc) is 2.99. The fourth-order valence-electron chi connectivity index (χ4n) is 3.88. The van der Waals surface area contributed by atoms with Crippen molar-refractivity contribution in [1.29, 1.82) is 0 Å². The number of halogens is 1. The average molecular weight is 394 g/mol. The molecule has 0 radical (unpaired) electrons. The van der Waals surface area contributed by atoms with Gasteiger partial charge in [0.25, 0.3) is 0 Å². The molecular weight excluding hydrogens is 366 g/mol. The number of carbonyl (C=O) groups is 2. The summed E-state index contributed by atoms with van der Waals surface area (Å²) in [5.74, 6) is -0.228. The van der Waals surface area contributed by atoms with E-state index in [4.69, 9.17) is 22.1 Å². The molecule has 148 valence electrons. The third kappa shape index (κ3) is 4.13. The number of ether oxygens (including phenoxy) is 1. The van der Waals surface area contributed by atoms with Crippen LogP contribution >= 0.6 is 11.6 Å². The third-order valence-electron chi connectivity index (χ3n) is 5.69. The monoisotopic (exact) mass is 393 g/mol. The Kier molecular flexibility index (Phi) is 5.79. The summed E-state index contributed by atoms with van der Waals surface area (Å²) < 4.78 is 5.47. The van der Waals surface area contributed by atoms with Gasteiger partial charge in [0.1, 0.15) is 6.10 Å². The van der Waals surface area contributed by atoms with E-state index in [-0.39, 0.29) is 42.0 Å². The topological polar surface area (TPSA) is 75.9 Å². The Morgan fingerprint density at radius 2 is 2.04 bits per heavy atom. The Bertz CT molecular complexity index is 724. The van der Waals surface area contributed by atoms with Crippen LogP contribution in [0.25, 0.3) is 0 Å². The number of carbonyl (C=O) groups excluding carboxylic acids is 2. The highest BCUT2D eigenvalue weighted by molar-refractivity contribution is 6.33. The lowest BCUT2D eigenvalue weighted by Gasteiger charge is -2.47. The first-order valence-corrected chi connectivity index (χ1v) is 9.86. The van der Waals surface area contributed by atoms with Gasteiger partial charge in [0.05, 0.1) is 29.2 Å². The molecule has 2 heterocycles. The van der Waals surface area contributed by atoms with Gasteiger partial charge in [0, 0.05) is 18.6 Å². The number of hydrogen-bond acceptors (Lipinski definition) is 5. The van der Waals surface area contributed by atoms with Gasteiger partial charge in [0.15, 0.2) is 0 Å². The highest BCUT2D eigenvalue weighted by Crippen LogP contribution is 2.32. The Balaban J connectivity index is 1.69. The number of cyclic esters (lactones) is 1. The van der Waals surface area contributed by atoms with Crippen LogP contribution in [0, 0.1) is 5.92 Å². The van der Waals surface area contributed by atoms with Crippen LogP contribution in [-0.4, -0.2) is 54.1 Å². The number of esters is 1. The number of hydrogen-bond donors (Lipinski definition) is 1. The van der Waals surface area contributed by atoms with Gasteiger partial charge < -0.3 is 15.4 Å². The van der Waals surface area contributed by atoms with E-state index in [0.29, 0.717) is 24.5 Å². The smallest absolute Gasteiger partial charge is 0.309 e. The lowest BCUT2D eigenvalue weighted by atomic mass is 9.94. The van der Waals surface area contributed by atoms with Gasteiger partial charge in [-0.3, -0.25) is 14.5 Å². The van der Waals surface area contributed by atoms with Gasteiger partial charge in [0.2, 0.25) is 5.91 Å². The van der Waals surface area contributed by atoms with Crippen molar-refractivity contribution in [2.45, 2.75) is 51.3 Å². The second kappa shape index (κ2) is 7.78. The van der Waals surface area contributed by atoms with Crippen molar-refractivity contribution < 1.29 is 14.3 Å². The highest BCUT2D eigenvalue weighted by atomic mass is 35.5. The Morgan fingerprint density at radius 3 is 2.67 bits per heavy atom. The molecule has 3 rings (SSSR count). The Labute approximate surface area is 165 Å². The number of nitrogens with two attached hydrogens (primary N) is 1. The zero-order valence-corrected chi connectivity index (χ0v) is 16.9. The molecule has 1 aromatic rings. The van der Waals surface area contributed by atoms with Crippen molar-refractivity contribution in [2.75, 3.05) is 24.5 Å². The van der Waals surface area contributed by atoms with Crippen molar-refractivity contribution in [3.8, 4) is 0 Å². The van der Waals surface area contributed by atoms with Crippen LogP contribution in [0.15, 0.2) is 24.3 Å². The summed E-state index contributed by atoms with van der Waals surface area (Å²) >= 11 is 6.29. The van der Waals surface area contributed by atoms with Crippen molar-refractivity contribution >= 4 is 29.2 Å². The summed E-state index contributed by atoms with van der Waals surface area (Å²) in [4.78, 5) is 28.5. The van der Waals surface area contributed by atoms with Crippen LogP contribution in [0.4, 0.5) is 5.69 Å². The van der Waals surface area contributed by atoms with Crippen molar-refractivity contribution in [2.24, 2.45) is 11.7 Å². The molecule has 2 aliphatic rings. The third-order valence-corrected chi connectivity index (χ3v) is 6.01. The number of anilines is 1. The molecular formula is C20H28ClN3O3. The van der Waals surface area contributed by atoms with Crippen LogP contribution in [-0.2, 0) is 14.3 Å². The van der Waals surface area contributed by atoms with Gasteiger partial charge in [-0.05, 0) is 38.8 Å². The first kappa shape index (κ1) is 20.1. The summed E-state index contributed by atoms with van der Waals surface area (Å²) in [5.41, 5.74) is 6.81. The maximum Gasteiger partial charge on any atom is 0.309 e. The van der Waals surface area contributed by atoms with Gasteiger partial charge in [-0.15, -0.1) is 0 Å². The molecule has 1 amide bonds. The van der Waals surface area contributed by atoms with E-state index < -0.39 is 0 Å². The van der Waals surface area contributed by atoms with Gasteiger partial charge >= 0.3 is 5.97 Å². The van der Waals surface area contributed by atoms with Gasteiger partial charge in [-0.25, -0.2) is 0 Å². The molecule has 2 saturated heterocycles. The maximum absolute atomic E-state index is 12.8. The number of amides is 1. The molecule has 6 nitrogen and oxygen atoms in total. The van der Waals surface area contributed by atoms with E-state index in [0.717, 1.165) is 12.1 Å². The van der Waals surface area contributed by atoms with E-state index in [2.05, 4.69) is 18.7 Å². The number of para-hydroxylation sites is 1. The molecule has 0 aromatic heterocycles. The molecule has 7 heteroatoms. The fourth-order valence-corrected chi connectivity index (χ4v) is 4.12. The molecule has 27 heavy (non-hydrogen) atoms. The van der Waals surface area contributed by atoms with E-state index >= 15 is 0 Å². The van der Waals surface area contributed by atoms with Gasteiger partial charge in [-0.1, -0.05) is 30.7 Å². The number of benzene rings is 1. The Morgan fingerprint density at radius 1 is 1.33 bits per heavy atom. The summed E-state index contributed by atoms with van der Waals surface area (Å²) in [6.07, 6.45) is 1.14. The molecule has 0 saturated carbocycles. The standard InChI is InChI=1S/C20H28ClN3O3/c1-4-13-9-17(27-19(13)26)15(22)10-23-11-18(25)24(12-20(23,2)3)16-8-6-5-7-14(16)21/h5-8,13,15,17H,4,9-12,22H2,1-3H3/t13-,15?,17+/m1/s1. The summed E-state index contributed by atoms with van der Waals surface area (Å²) in [6.45, 7) is 7.43. The molecule has 2 aliphatic heterocycles. The van der Waals surface area contributed by atoms with Crippen LogP contribution in [0.3, 0.4) is 0 Å². The minimum atomic E-state index is -0.315. The molecule has 0 aliphatic carbocycles. The lowest BCUT2D eigenvalue weighted by Crippen LogP contribution is -2.64. The fraction of sp³-hybridized carbons (Fsp3) is 0.600. The largest absolute Gasteiger partial charge is 0.460 e. The summed E-state index contributed by atoms with van der Waals surface area (Å²) in [6, 6.07) is 7.06. The molecule has 2 fully saturated rings. The van der Waals surface area contributed by atoms with Crippen molar-refractivity contribution in [3.05, 3.63) is 29.3 Å². The molecule has 3 atom stereocenters. The predicted molar refractivity (Wildman–Crippen MR) is 106 cm³/mol. The molecule has 1 unspecified atom stereocenters. The first-order valence-electron chi connectivity index (χ1n) is 9.49. The summed E-state index contributed by atoms with van der Waals surface area (Å²) in [5, 5.41) is 0.565. The van der Waals surface area contributed by atoms with Crippen LogP contribution in [0.1, 0.15) is 33.6 Å².